The lowest BCUT2D eigenvalue weighted by Gasteiger charge is -2.06. The van der Waals surface area contributed by atoms with Gasteiger partial charge in [0, 0.05) is 11.6 Å². The molecule has 128 valence electrons. The van der Waals surface area contributed by atoms with Gasteiger partial charge in [-0.15, -0.1) is 5.10 Å². The Morgan fingerprint density at radius 1 is 1.12 bits per heavy atom. The smallest absolute Gasteiger partial charge is 0.244 e. The third-order valence-corrected chi connectivity index (χ3v) is 4.72. The average Bonchev–Trinajstić information content (AvgIpc) is 3.03. The lowest BCUT2D eigenvalue weighted by atomic mass is 10.1. The second-order valence-electron chi connectivity index (χ2n) is 5.16. The fraction of sp³-hybridized carbons (Fsp3) is 0.167. The normalized spacial score (nSPS) is 18.6. The van der Waals surface area contributed by atoms with E-state index in [1.54, 1.807) is 26.5 Å². The van der Waals surface area contributed by atoms with E-state index in [2.05, 4.69) is 15.5 Å². The number of ether oxygens (including phenoxy) is 2. The predicted octanol–water partition coefficient (Wildman–Crippen LogP) is 3.00. The molecule has 2 aromatic carbocycles. The molecule has 0 unspecified atom stereocenters. The summed E-state index contributed by atoms with van der Waals surface area (Å²) in [6, 6.07) is 15.0. The molecule has 1 heterocycles. The summed E-state index contributed by atoms with van der Waals surface area (Å²) < 4.78 is 10.5. The van der Waals surface area contributed by atoms with Crippen LogP contribution >= 0.6 is 11.8 Å². The van der Waals surface area contributed by atoms with Crippen molar-refractivity contribution in [3.05, 3.63) is 59.7 Å². The van der Waals surface area contributed by atoms with E-state index in [9.17, 15) is 4.79 Å². The van der Waals surface area contributed by atoms with E-state index in [4.69, 9.17) is 9.47 Å². The van der Waals surface area contributed by atoms with Gasteiger partial charge in [-0.05, 0) is 17.7 Å². The molecule has 25 heavy (non-hydrogen) atoms. The van der Waals surface area contributed by atoms with Gasteiger partial charge in [0.1, 0.15) is 16.7 Å². The molecule has 1 saturated heterocycles. The minimum absolute atomic E-state index is 0.0906. The standard InChI is InChI=1S/C18H17N3O3S/c1-23-14-9-8-13(15(10-14)24-2)11-19-21-18-20-17(22)16(25-18)12-6-4-3-5-7-12/h3-11,16H,1-2H3,(H,20,21,22)/b19-11+/t16-/m1/s1. The molecule has 0 aliphatic carbocycles. The van der Waals surface area contributed by atoms with Crippen LogP contribution in [0.4, 0.5) is 0 Å². The van der Waals surface area contributed by atoms with Crippen molar-refractivity contribution in [3.63, 3.8) is 0 Å². The van der Waals surface area contributed by atoms with Gasteiger partial charge in [0.15, 0.2) is 5.17 Å². The first-order chi connectivity index (χ1) is 12.2. The monoisotopic (exact) mass is 355 g/mol. The number of nitrogens with one attached hydrogen (secondary N) is 1. The molecular formula is C18H17N3O3S. The van der Waals surface area contributed by atoms with Gasteiger partial charge in [0.25, 0.3) is 0 Å². The van der Waals surface area contributed by atoms with E-state index >= 15 is 0 Å². The second kappa shape index (κ2) is 7.85. The fourth-order valence-corrected chi connectivity index (χ4v) is 3.27. The minimum atomic E-state index is -0.300. The maximum atomic E-state index is 12.1. The summed E-state index contributed by atoms with van der Waals surface area (Å²) in [5.74, 6) is 1.24. The zero-order valence-electron chi connectivity index (χ0n) is 13.8. The number of hydrogen-bond acceptors (Lipinski definition) is 6. The number of thioether (sulfide) groups is 1. The maximum Gasteiger partial charge on any atom is 0.244 e. The van der Waals surface area contributed by atoms with Crippen molar-refractivity contribution in [3.8, 4) is 11.5 Å². The van der Waals surface area contributed by atoms with Crippen molar-refractivity contribution in [1.29, 1.82) is 0 Å². The van der Waals surface area contributed by atoms with Gasteiger partial charge in [-0.1, -0.05) is 42.1 Å². The molecule has 3 rings (SSSR count). The van der Waals surface area contributed by atoms with Gasteiger partial charge >= 0.3 is 0 Å². The Bertz CT molecular complexity index is 822. The van der Waals surface area contributed by atoms with Crippen LogP contribution in [0.2, 0.25) is 0 Å². The molecule has 1 aliphatic heterocycles. The SMILES string of the molecule is COc1ccc(/C=N/N=C2NC(=O)[C@@H](c3ccccc3)S2)c(OC)c1. The highest BCUT2D eigenvalue weighted by atomic mass is 32.2. The summed E-state index contributed by atoms with van der Waals surface area (Å²) in [5.41, 5.74) is 1.71. The Hall–Kier alpha value is -2.80. The molecule has 1 atom stereocenters. The largest absolute Gasteiger partial charge is 0.497 e. The van der Waals surface area contributed by atoms with E-state index in [1.807, 2.05) is 42.5 Å². The van der Waals surface area contributed by atoms with Crippen molar-refractivity contribution in [1.82, 2.24) is 5.32 Å². The minimum Gasteiger partial charge on any atom is -0.497 e. The van der Waals surface area contributed by atoms with E-state index in [0.717, 1.165) is 11.1 Å². The third kappa shape index (κ3) is 4.00. The number of carbonyl (C=O) groups excluding carboxylic acids is 1. The van der Waals surface area contributed by atoms with Crippen LogP contribution in [0.1, 0.15) is 16.4 Å². The predicted molar refractivity (Wildman–Crippen MR) is 99.5 cm³/mol. The molecule has 1 amide bonds. The van der Waals surface area contributed by atoms with E-state index in [1.165, 1.54) is 11.8 Å². The van der Waals surface area contributed by atoms with Crippen LogP contribution in [0.5, 0.6) is 11.5 Å². The van der Waals surface area contributed by atoms with E-state index in [0.29, 0.717) is 16.7 Å². The number of benzene rings is 2. The maximum absolute atomic E-state index is 12.1. The molecule has 0 aromatic heterocycles. The summed E-state index contributed by atoms with van der Waals surface area (Å²) in [4.78, 5) is 12.1. The molecular weight excluding hydrogens is 338 g/mol. The average molecular weight is 355 g/mol. The van der Waals surface area contributed by atoms with E-state index < -0.39 is 0 Å². The highest BCUT2D eigenvalue weighted by Crippen LogP contribution is 2.34. The number of amides is 1. The highest BCUT2D eigenvalue weighted by molar-refractivity contribution is 8.15. The quantitative estimate of drug-likeness (QED) is 0.661. The van der Waals surface area contributed by atoms with Crippen molar-refractivity contribution < 1.29 is 14.3 Å². The Balaban J connectivity index is 1.72. The molecule has 0 radical (unpaired) electrons. The Kier molecular flexibility index (Phi) is 5.35. The molecule has 2 aromatic rings. The van der Waals surface area contributed by atoms with Crippen molar-refractivity contribution in [2.75, 3.05) is 14.2 Å². The second-order valence-corrected chi connectivity index (χ2v) is 6.25. The van der Waals surface area contributed by atoms with Gasteiger partial charge in [-0.2, -0.15) is 5.10 Å². The molecule has 1 fully saturated rings. The Labute approximate surface area is 149 Å². The van der Waals surface area contributed by atoms with Gasteiger partial charge in [-0.3, -0.25) is 4.79 Å². The Morgan fingerprint density at radius 2 is 1.92 bits per heavy atom. The summed E-state index contributed by atoms with van der Waals surface area (Å²) >= 11 is 1.35. The fourth-order valence-electron chi connectivity index (χ4n) is 2.33. The van der Waals surface area contributed by atoms with Gasteiger partial charge in [-0.25, -0.2) is 0 Å². The number of methoxy groups -OCH3 is 2. The van der Waals surface area contributed by atoms with Crippen LogP contribution in [0.3, 0.4) is 0 Å². The number of hydrogen-bond donors (Lipinski definition) is 1. The summed E-state index contributed by atoms with van der Waals surface area (Å²) in [6.07, 6.45) is 1.58. The lowest BCUT2D eigenvalue weighted by Crippen LogP contribution is -2.21. The summed E-state index contributed by atoms with van der Waals surface area (Å²) in [5, 5.41) is 11.1. The Morgan fingerprint density at radius 3 is 2.64 bits per heavy atom. The van der Waals surface area contributed by atoms with Crippen molar-refractivity contribution in [2.45, 2.75) is 5.25 Å². The van der Waals surface area contributed by atoms with Crippen LogP contribution in [-0.4, -0.2) is 31.5 Å². The van der Waals surface area contributed by atoms with Crippen molar-refractivity contribution >= 4 is 29.1 Å². The summed E-state index contributed by atoms with van der Waals surface area (Å²) in [7, 11) is 3.17. The molecule has 0 saturated carbocycles. The first-order valence-electron chi connectivity index (χ1n) is 7.57. The molecule has 1 aliphatic rings. The number of carbonyl (C=O) groups is 1. The van der Waals surface area contributed by atoms with Crippen LogP contribution in [0, 0.1) is 0 Å². The van der Waals surface area contributed by atoms with Crippen LogP contribution in [-0.2, 0) is 4.79 Å². The number of nitrogens with zero attached hydrogens (tertiary/aromatic N) is 2. The van der Waals surface area contributed by atoms with Crippen LogP contribution < -0.4 is 14.8 Å². The zero-order chi connectivity index (χ0) is 17.6. The molecule has 0 spiro atoms. The molecule has 0 bridgehead atoms. The number of rotatable bonds is 5. The lowest BCUT2D eigenvalue weighted by molar-refractivity contribution is -0.118. The molecule has 1 N–H and O–H groups in total. The van der Waals surface area contributed by atoms with Gasteiger partial charge in [0.2, 0.25) is 5.91 Å². The topological polar surface area (TPSA) is 72.3 Å². The van der Waals surface area contributed by atoms with Crippen LogP contribution in [0.25, 0.3) is 0 Å². The zero-order valence-corrected chi connectivity index (χ0v) is 14.6. The number of amidine groups is 1. The first kappa shape index (κ1) is 17.0. The summed E-state index contributed by atoms with van der Waals surface area (Å²) in [6.45, 7) is 0. The molecule has 6 nitrogen and oxygen atoms in total. The first-order valence-corrected chi connectivity index (χ1v) is 8.44. The molecule has 7 heteroatoms. The van der Waals surface area contributed by atoms with Crippen molar-refractivity contribution in [2.24, 2.45) is 10.2 Å². The third-order valence-electron chi connectivity index (χ3n) is 3.59. The van der Waals surface area contributed by atoms with E-state index in [-0.39, 0.29) is 11.2 Å². The van der Waals surface area contributed by atoms with Crippen LogP contribution in [0.15, 0.2) is 58.7 Å². The van der Waals surface area contributed by atoms with Gasteiger partial charge < -0.3 is 14.8 Å². The highest BCUT2D eigenvalue weighted by Gasteiger charge is 2.31. The van der Waals surface area contributed by atoms with Gasteiger partial charge in [0.05, 0.1) is 20.4 Å².